The molecule has 0 aliphatic heterocycles. The number of nitrogens with zero attached hydrogens (tertiary/aromatic N) is 1. The smallest absolute Gasteiger partial charge is 0.336 e. The molecule has 0 aliphatic rings. The van der Waals surface area contributed by atoms with Crippen LogP contribution in [0.5, 0.6) is 11.5 Å². The lowest BCUT2D eigenvalue weighted by molar-refractivity contribution is -0.170. The van der Waals surface area contributed by atoms with Crippen molar-refractivity contribution in [2.24, 2.45) is 0 Å². The van der Waals surface area contributed by atoms with Gasteiger partial charge in [-0.3, -0.25) is 9.59 Å². The SMILES string of the molecule is CCN(CC)CCOc1ccc(C)cc1OC.O=C(O)CC(O)(CC(=O)O)C(=O)O. The molecule has 0 bridgehead atoms. The molecule has 0 heterocycles. The second-order valence-electron chi connectivity index (χ2n) is 6.51. The number of hydrogen-bond donors (Lipinski definition) is 4. The first-order valence-corrected chi connectivity index (χ1v) is 9.38. The normalized spacial score (nSPS) is 10.7. The van der Waals surface area contributed by atoms with E-state index >= 15 is 0 Å². The Morgan fingerprint density at radius 3 is 1.93 bits per heavy atom. The molecular formula is C20H31NO9. The summed E-state index contributed by atoms with van der Waals surface area (Å²) in [5.41, 5.74) is -1.56. The highest BCUT2D eigenvalue weighted by Gasteiger charge is 2.40. The van der Waals surface area contributed by atoms with E-state index < -0.39 is 36.4 Å². The van der Waals surface area contributed by atoms with Crippen LogP contribution in [-0.4, -0.2) is 82.2 Å². The number of carbonyl (C=O) groups is 3. The molecule has 0 radical (unpaired) electrons. The predicted octanol–water partition coefficient (Wildman–Crippen LogP) is 1.48. The Morgan fingerprint density at radius 2 is 1.53 bits per heavy atom. The van der Waals surface area contributed by atoms with Crippen LogP contribution in [0, 0.1) is 6.92 Å². The number of rotatable bonds is 12. The van der Waals surface area contributed by atoms with Crippen molar-refractivity contribution in [3.63, 3.8) is 0 Å². The van der Waals surface area contributed by atoms with Gasteiger partial charge in [0.25, 0.3) is 0 Å². The zero-order valence-corrected chi connectivity index (χ0v) is 17.8. The first kappa shape index (κ1) is 27.1. The minimum absolute atomic E-state index is 0.696. The molecule has 0 saturated carbocycles. The van der Waals surface area contributed by atoms with E-state index in [1.165, 1.54) is 5.56 Å². The van der Waals surface area contributed by atoms with E-state index in [0.29, 0.717) is 6.61 Å². The van der Waals surface area contributed by atoms with Gasteiger partial charge in [0.05, 0.1) is 20.0 Å². The Kier molecular flexibility index (Phi) is 12.1. The number of hydrogen-bond acceptors (Lipinski definition) is 7. The molecule has 30 heavy (non-hydrogen) atoms. The molecule has 10 nitrogen and oxygen atoms in total. The maximum absolute atomic E-state index is 10.3. The summed E-state index contributed by atoms with van der Waals surface area (Å²) in [6.07, 6.45) is -2.29. The predicted molar refractivity (Wildman–Crippen MR) is 108 cm³/mol. The maximum atomic E-state index is 10.3. The third-order valence-electron chi connectivity index (χ3n) is 4.16. The summed E-state index contributed by atoms with van der Waals surface area (Å²) >= 11 is 0. The van der Waals surface area contributed by atoms with Gasteiger partial charge in [0.15, 0.2) is 17.1 Å². The summed E-state index contributed by atoms with van der Waals surface area (Å²) in [6, 6.07) is 6.00. The fourth-order valence-electron chi connectivity index (χ4n) is 2.43. The molecule has 0 atom stereocenters. The Hall–Kier alpha value is -2.85. The Bertz CT molecular complexity index is 686. The maximum Gasteiger partial charge on any atom is 0.336 e. The molecule has 0 fully saturated rings. The van der Waals surface area contributed by atoms with Crippen LogP contribution in [-0.2, 0) is 14.4 Å². The highest BCUT2D eigenvalue weighted by molar-refractivity contribution is 5.88. The number of carboxylic acids is 3. The average molecular weight is 429 g/mol. The number of benzene rings is 1. The van der Waals surface area contributed by atoms with Crippen molar-refractivity contribution < 1.29 is 44.3 Å². The van der Waals surface area contributed by atoms with Crippen molar-refractivity contribution in [3.8, 4) is 11.5 Å². The third-order valence-corrected chi connectivity index (χ3v) is 4.16. The van der Waals surface area contributed by atoms with Crippen LogP contribution in [0.4, 0.5) is 0 Å². The molecule has 0 amide bonds. The molecule has 0 aliphatic carbocycles. The van der Waals surface area contributed by atoms with Gasteiger partial charge in [-0.25, -0.2) is 4.79 Å². The molecule has 0 spiro atoms. The van der Waals surface area contributed by atoms with Crippen LogP contribution in [0.25, 0.3) is 0 Å². The van der Waals surface area contributed by atoms with E-state index in [-0.39, 0.29) is 0 Å². The summed E-state index contributed by atoms with van der Waals surface area (Å²) in [5, 5.41) is 33.8. The van der Waals surface area contributed by atoms with Crippen LogP contribution in [0.3, 0.4) is 0 Å². The van der Waals surface area contributed by atoms with Crippen molar-refractivity contribution in [3.05, 3.63) is 23.8 Å². The van der Waals surface area contributed by atoms with Gasteiger partial charge in [-0.15, -0.1) is 0 Å². The first-order chi connectivity index (χ1) is 14.0. The minimum Gasteiger partial charge on any atom is -0.493 e. The van der Waals surface area contributed by atoms with Gasteiger partial charge in [0.2, 0.25) is 0 Å². The van der Waals surface area contributed by atoms with Crippen LogP contribution in [0.2, 0.25) is 0 Å². The van der Waals surface area contributed by atoms with Gasteiger partial charge in [0.1, 0.15) is 6.61 Å². The van der Waals surface area contributed by atoms with Gasteiger partial charge < -0.3 is 34.8 Å². The molecule has 4 N–H and O–H groups in total. The quantitative estimate of drug-likeness (QED) is 0.384. The highest BCUT2D eigenvalue weighted by Crippen LogP contribution is 2.27. The number of aryl methyl sites for hydroxylation is 1. The first-order valence-electron chi connectivity index (χ1n) is 9.38. The van der Waals surface area contributed by atoms with E-state index in [9.17, 15) is 14.4 Å². The van der Waals surface area contributed by atoms with Crippen molar-refractivity contribution in [1.29, 1.82) is 0 Å². The standard InChI is InChI=1S/C14H23NO2.C6H8O7/c1-5-15(6-2)9-10-17-13-8-7-12(3)11-14(13)16-4;7-3(8)1-6(13,5(11)12)2-4(9)10/h7-8,11H,5-6,9-10H2,1-4H3;13H,1-2H2,(H,7,8)(H,9,10)(H,11,12). The highest BCUT2D eigenvalue weighted by atomic mass is 16.5. The molecule has 1 rings (SSSR count). The van der Waals surface area contributed by atoms with Gasteiger partial charge >= 0.3 is 17.9 Å². The second kappa shape index (κ2) is 13.4. The lowest BCUT2D eigenvalue weighted by Gasteiger charge is -2.18. The van der Waals surface area contributed by atoms with E-state index in [2.05, 4.69) is 18.7 Å². The van der Waals surface area contributed by atoms with E-state index in [4.69, 9.17) is 29.9 Å². The fraction of sp³-hybridized carbons (Fsp3) is 0.550. The van der Waals surface area contributed by atoms with Crippen molar-refractivity contribution in [2.45, 2.75) is 39.2 Å². The topological polar surface area (TPSA) is 154 Å². The van der Waals surface area contributed by atoms with Crippen LogP contribution < -0.4 is 9.47 Å². The number of likely N-dealkylation sites (N-methyl/N-ethyl adjacent to an activating group) is 1. The molecule has 1 aromatic rings. The average Bonchev–Trinajstić information content (AvgIpc) is 2.65. The van der Waals surface area contributed by atoms with E-state index in [0.717, 1.165) is 31.1 Å². The molecule has 0 unspecified atom stereocenters. The van der Waals surface area contributed by atoms with Crippen LogP contribution >= 0.6 is 0 Å². The lowest BCUT2D eigenvalue weighted by atomic mass is 9.96. The number of carboxylic acid groups (broad SMARTS) is 3. The van der Waals surface area contributed by atoms with Crippen LogP contribution in [0.15, 0.2) is 18.2 Å². The Balaban J connectivity index is 0.000000584. The summed E-state index contributed by atoms with van der Waals surface area (Å²) in [5.74, 6) is -3.38. The van der Waals surface area contributed by atoms with Crippen molar-refractivity contribution in [2.75, 3.05) is 33.4 Å². The molecule has 0 saturated heterocycles. The van der Waals surface area contributed by atoms with E-state index in [1.54, 1.807) is 7.11 Å². The zero-order chi connectivity index (χ0) is 23.3. The number of methoxy groups -OCH3 is 1. The van der Waals surface area contributed by atoms with Gasteiger partial charge in [0, 0.05) is 6.54 Å². The molecule has 170 valence electrons. The number of aliphatic hydroxyl groups is 1. The lowest BCUT2D eigenvalue weighted by Crippen LogP contribution is -2.42. The van der Waals surface area contributed by atoms with Crippen molar-refractivity contribution >= 4 is 17.9 Å². The van der Waals surface area contributed by atoms with E-state index in [1.807, 2.05) is 25.1 Å². The zero-order valence-electron chi connectivity index (χ0n) is 17.8. The monoisotopic (exact) mass is 429 g/mol. The summed E-state index contributed by atoms with van der Waals surface area (Å²) < 4.78 is 11.0. The fourth-order valence-corrected chi connectivity index (χ4v) is 2.43. The van der Waals surface area contributed by atoms with Crippen molar-refractivity contribution in [1.82, 2.24) is 4.90 Å². The third kappa shape index (κ3) is 10.1. The molecule has 10 heteroatoms. The van der Waals surface area contributed by atoms with Gasteiger partial charge in [-0.1, -0.05) is 19.9 Å². The summed E-state index contributed by atoms with van der Waals surface area (Å²) in [7, 11) is 1.67. The van der Waals surface area contributed by atoms with Gasteiger partial charge in [-0.2, -0.15) is 0 Å². The number of ether oxygens (including phenoxy) is 2. The molecule has 0 aromatic heterocycles. The minimum atomic E-state index is -2.74. The Morgan fingerprint density at radius 1 is 1.00 bits per heavy atom. The summed E-state index contributed by atoms with van der Waals surface area (Å²) in [6.45, 7) is 10.1. The Labute approximate surface area is 175 Å². The number of aliphatic carboxylic acids is 3. The molecule has 1 aromatic carbocycles. The summed E-state index contributed by atoms with van der Waals surface area (Å²) in [4.78, 5) is 32.8. The second-order valence-corrected chi connectivity index (χ2v) is 6.51. The van der Waals surface area contributed by atoms with Crippen LogP contribution in [0.1, 0.15) is 32.3 Å². The van der Waals surface area contributed by atoms with Gasteiger partial charge in [-0.05, 0) is 37.7 Å². The molecular weight excluding hydrogens is 398 g/mol. The largest absolute Gasteiger partial charge is 0.493 e.